The molecule has 0 bridgehead atoms. The summed E-state index contributed by atoms with van der Waals surface area (Å²) in [4.78, 5) is 34.2. The zero-order valence-electron chi connectivity index (χ0n) is 22.2. The lowest BCUT2D eigenvalue weighted by molar-refractivity contribution is -0.115. The maximum atomic E-state index is 13.1. The van der Waals surface area contributed by atoms with Gasteiger partial charge in [-0.05, 0) is 61.5 Å². The molecule has 0 saturated carbocycles. The van der Waals surface area contributed by atoms with Crippen LogP contribution in [0.2, 0.25) is 0 Å². The molecule has 0 fully saturated rings. The van der Waals surface area contributed by atoms with Crippen molar-refractivity contribution in [3.63, 3.8) is 0 Å². The van der Waals surface area contributed by atoms with Gasteiger partial charge >= 0.3 is 5.97 Å². The van der Waals surface area contributed by atoms with Crippen molar-refractivity contribution in [3.8, 4) is 40.1 Å². The van der Waals surface area contributed by atoms with E-state index in [4.69, 9.17) is 9.47 Å². The van der Waals surface area contributed by atoms with Gasteiger partial charge in [0.2, 0.25) is 12.7 Å². The molecular formula is C32H22N4O5S. The molecule has 10 heteroatoms. The third kappa shape index (κ3) is 5.33. The maximum Gasteiger partial charge on any atom is 0.336 e. The molecule has 0 radical (unpaired) electrons. The predicted molar refractivity (Wildman–Crippen MR) is 159 cm³/mol. The van der Waals surface area contributed by atoms with Gasteiger partial charge in [-0.1, -0.05) is 42.1 Å². The molecule has 5 aromatic rings. The highest BCUT2D eigenvalue weighted by molar-refractivity contribution is 8.00. The number of carbonyl (C=O) groups excluding carboxylic acids is 1. The molecular weight excluding hydrogens is 552 g/mol. The molecule has 3 aromatic carbocycles. The first-order valence-electron chi connectivity index (χ1n) is 12.9. The van der Waals surface area contributed by atoms with Crippen molar-refractivity contribution in [1.82, 2.24) is 9.97 Å². The summed E-state index contributed by atoms with van der Waals surface area (Å²) < 4.78 is 10.8. The highest BCUT2D eigenvalue weighted by atomic mass is 32.2. The monoisotopic (exact) mass is 574 g/mol. The van der Waals surface area contributed by atoms with E-state index >= 15 is 0 Å². The second-order valence-electron chi connectivity index (χ2n) is 9.43. The van der Waals surface area contributed by atoms with Crippen LogP contribution in [0.15, 0.2) is 90.0 Å². The van der Waals surface area contributed by atoms with Gasteiger partial charge in [-0.2, -0.15) is 5.26 Å². The minimum Gasteiger partial charge on any atom is -0.478 e. The maximum absolute atomic E-state index is 13.1. The van der Waals surface area contributed by atoms with Crippen LogP contribution in [-0.2, 0) is 4.79 Å². The second-order valence-corrected chi connectivity index (χ2v) is 10.8. The lowest BCUT2D eigenvalue weighted by Crippen LogP contribution is -2.22. The number of amides is 1. The standard InChI is InChI=1S/C32H22N4O5S/c1-18(42-31-21(16-33)8-12-25(36-31)20-9-13-28-29(14-20)41-17-40-28)30(37)34-22-10-6-19(7-11-22)27-15-24(32(38)39)23-4-2-3-5-26(23)35-27/h2-15,18H,17H2,1H3,(H,34,37)(H,38,39). The number of nitriles is 1. The number of carboxylic acids is 1. The molecule has 0 saturated heterocycles. The number of aromatic nitrogens is 2. The topological polar surface area (TPSA) is 134 Å². The SMILES string of the molecule is CC(Sc1nc(-c2ccc3c(c2)OCO3)ccc1C#N)C(=O)Nc1ccc(-c2cc(C(=O)O)c3ccccc3n2)cc1. The molecule has 206 valence electrons. The number of nitrogens with one attached hydrogen (secondary N) is 1. The van der Waals surface area contributed by atoms with Crippen molar-refractivity contribution in [2.45, 2.75) is 17.2 Å². The molecule has 1 unspecified atom stereocenters. The highest BCUT2D eigenvalue weighted by Gasteiger charge is 2.20. The Bertz CT molecular complexity index is 1900. The van der Waals surface area contributed by atoms with Crippen LogP contribution >= 0.6 is 11.8 Å². The van der Waals surface area contributed by atoms with Gasteiger partial charge in [-0.15, -0.1) is 0 Å². The summed E-state index contributed by atoms with van der Waals surface area (Å²) in [6.07, 6.45) is 0. The Labute approximate surface area is 244 Å². The second kappa shape index (κ2) is 11.2. The number of pyridine rings is 2. The lowest BCUT2D eigenvalue weighted by atomic mass is 10.0. The first kappa shape index (κ1) is 26.8. The van der Waals surface area contributed by atoms with Gasteiger partial charge in [0, 0.05) is 22.2 Å². The summed E-state index contributed by atoms with van der Waals surface area (Å²) in [6.45, 7) is 1.92. The molecule has 42 heavy (non-hydrogen) atoms. The van der Waals surface area contributed by atoms with Gasteiger partial charge in [0.15, 0.2) is 11.5 Å². The van der Waals surface area contributed by atoms with Crippen LogP contribution in [0.3, 0.4) is 0 Å². The van der Waals surface area contributed by atoms with Gasteiger partial charge in [0.25, 0.3) is 0 Å². The van der Waals surface area contributed by atoms with Crippen LogP contribution in [0.1, 0.15) is 22.8 Å². The fourth-order valence-corrected chi connectivity index (χ4v) is 5.41. The number of para-hydroxylation sites is 1. The highest BCUT2D eigenvalue weighted by Crippen LogP contribution is 2.36. The van der Waals surface area contributed by atoms with E-state index in [1.807, 2.05) is 24.3 Å². The van der Waals surface area contributed by atoms with Crippen molar-refractivity contribution in [2.75, 3.05) is 12.1 Å². The largest absolute Gasteiger partial charge is 0.478 e. The number of benzene rings is 3. The van der Waals surface area contributed by atoms with E-state index in [1.54, 1.807) is 67.6 Å². The number of fused-ring (bicyclic) bond motifs is 2. The van der Waals surface area contributed by atoms with Crippen LogP contribution in [0.5, 0.6) is 11.5 Å². The van der Waals surface area contributed by atoms with Gasteiger partial charge in [-0.25, -0.2) is 14.8 Å². The number of thioether (sulfide) groups is 1. The Morgan fingerprint density at radius 1 is 0.929 bits per heavy atom. The number of carbonyl (C=O) groups is 2. The number of anilines is 1. The Kier molecular flexibility index (Phi) is 7.17. The minimum atomic E-state index is -1.03. The van der Waals surface area contributed by atoms with E-state index in [-0.39, 0.29) is 18.3 Å². The zero-order valence-corrected chi connectivity index (χ0v) is 23.0. The summed E-state index contributed by atoms with van der Waals surface area (Å²) >= 11 is 1.19. The van der Waals surface area contributed by atoms with E-state index in [0.717, 1.165) is 5.56 Å². The number of hydrogen-bond donors (Lipinski definition) is 2. The third-order valence-electron chi connectivity index (χ3n) is 6.70. The minimum absolute atomic E-state index is 0.169. The Morgan fingerprint density at radius 2 is 1.69 bits per heavy atom. The van der Waals surface area contributed by atoms with Crippen molar-refractivity contribution < 1.29 is 24.2 Å². The molecule has 2 aromatic heterocycles. The van der Waals surface area contributed by atoms with Crippen LogP contribution in [0.25, 0.3) is 33.4 Å². The van der Waals surface area contributed by atoms with Crippen LogP contribution in [-0.4, -0.2) is 39.0 Å². The molecule has 1 aliphatic rings. The molecule has 0 aliphatic carbocycles. The summed E-state index contributed by atoms with van der Waals surface area (Å²) in [7, 11) is 0. The Morgan fingerprint density at radius 3 is 2.48 bits per heavy atom. The smallest absolute Gasteiger partial charge is 0.336 e. The number of aromatic carboxylic acids is 1. The van der Waals surface area contributed by atoms with Crippen LogP contribution in [0.4, 0.5) is 5.69 Å². The van der Waals surface area contributed by atoms with E-state index in [9.17, 15) is 20.0 Å². The van der Waals surface area contributed by atoms with Gasteiger partial charge in [0.1, 0.15) is 11.1 Å². The first-order valence-corrected chi connectivity index (χ1v) is 13.8. The van der Waals surface area contributed by atoms with E-state index in [2.05, 4.69) is 21.4 Å². The van der Waals surface area contributed by atoms with Crippen LogP contribution < -0.4 is 14.8 Å². The van der Waals surface area contributed by atoms with Crippen molar-refractivity contribution >= 4 is 40.2 Å². The number of carboxylic acid groups (broad SMARTS) is 1. The van der Waals surface area contributed by atoms with Crippen molar-refractivity contribution in [2.24, 2.45) is 0 Å². The number of ether oxygens (including phenoxy) is 2. The molecule has 6 rings (SSSR count). The quantitative estimate of drug-likeness (QED) is 0.212. The normalized spacial score (nSPS) is 12.5. The first-order chi connectivity index (χ1) is 20.4. The summed E-state index contributed by atoms with van der Waals surface area (Å²) in [5.74, 6) is 0.00816. The number of hydrogen-bond acceptors (Lipinski definition) is 8. The van der Waals surface area contributed by atoms with Crippen molar-refractivity contribution in [3.05, 3.63) is 96.1 Å². The molecule has 9 nitrogen and oxygen atoms in total. The van der Waals surface area contributed by atoms with Gasteiger partial charge in [0.05, 0.1) is 33.3 Å². The Balaban J connectivity index is 1.17. The van der Waals surface area contributed by atoms with Gasteiger partial charge < -0.3 is 19.9 Å². The summed E-state index contributed by atoms with van der Waals surface area (Å²) in [6, 6.07) is 26.8. The predicted octanol–water partition coefficient (Wildman–Crippen LogP) is 6.38. The van der Waals surface area contributed by atoms with E-state index < -0.39 is 11.2 Å². The van der Waals surface area contributed by atoms with Crippen LogP contribution in [0, 0.1) is 11.3 Å². The summed E-state index contributed by atoms with van der Waals surface area (Å²) in [5.41, 5.74) is 4.38. The fraction of sp³-hybridized carbons (Fsp3) is 0.0938. The zero-order chi connectivity index (χ0) is 29.2. The molecule has 3 heterocycles. The molecule has 1 amide bonds. The fourth-order valence-electron chi connectivity index (χ4n) is 4.52. The van der Waals surface area contributed by atoms with E-state index in [1.165, 1.54) is 11.8 Å². The van der Waals surface area contributed by atoms with E-state index in [0.29, 0.717) is 55.6 Å². The number of nitrogens with zero attached hydrogens (tertiary/aromatic N) is 3. The molecule has 2 N–H and O–H groups in total. The summed E-state index contributed by atoms with van der Waals surface area (Å²) in [5, 5.41) is 22.7. The average Bonchev–Trinajstić information content (AvgIpc) is 3.49. The molecule has 1 aliphatic heterocycles. The number of rotatable bonds is 7. The molecule has 1 atom stereocenters. The van der Waals surface area contributed by atoms with Crippen molar-refractivity contribution in [1.29, 1.82) is 5.26 Å². The third-order valence-corrected chi connectivity index (χ3v) is 7.80. The molecule has 0 spiro atoms. The Hall–Kier alpha value is -5.40. The average molecular weight is 575 g/mol. The van der Waals surface area contributed by atoms with Gasteiger partial charge in [-0.3, -0.25) is 4.79 Å². The lowest BCUT2D eigenvalue weighted by Gasteiger charge is -2.14.